The maximum atomic E-state index is 12.2. The van der Waals surface area contributed by atoms with Crippen LogP contribution in [-0.2, 0) is 6.42 Å². The van der Waals surface area contributed by atoms with Crippen LogP contribution in [0.2, 0.25) is 0 Å². The number of ketones is 1. The van der Waals surface area contributed by atoms with E-state index in [2.05, 4.69) is 0 Å². The Morgan fingerprint density at radius 2 is 1.95 bits per heavy atom. The lowest BCUT2D eigenvalue weighted by Crippen LogP contribution is -2.23. The predicted molar refractivity (Wildman–Crippen MR) is 75.3 cm³/mol. The van der Waals surface area contributed by atoms with E-state index in [1.165, 1.54) is 36.4 Å². The summed E-state index contributed by atoms with van der Waals surface area (Å²) in [5.74, 6) is -0.387. The number of phenols is 2. The fraction of sp³-hybridized carbons (Fsp3) is 0.133. The van der Waals surface area contributed by atoms with Crippen molar-refractivity contribution in [1.29, 1.82) is 0 Å². The highest BCUT2D eigenvalue weighted by molar-refractivity contribution is 6.04. The summed E-state index contributed by atoms with van der Waals surface area (Å²) in [5.41, 5.74) is 0.453. The van der Waals surface area contributed by atoms with E-state index < -0.39 is 22.5 Å². The number of benzene rings is 2. The lowest BCUT2D eigenvalue weighted by molar-refractivity contribution is -0.385. The van der Waals surface area contributed by atoms with Gasteiger partial charge in [0.1, 0.15) is 11.5 Å². The van der Waals surface area contributed by atoms with Crippen molar-refractivity contribution in [3.8, 4) is 17.2 Å². The smallest absolute Gasteiger partial charge is 0.310 e. The molecule has 2 aromatic rings. The molecule has 22 heavy (non-hydrogen) atoms. The monoisotopic (exact) mass is 301 g/mol. The van der Waals surface area contributed by atoms with Gasteiger partial charge in [0, 0.05) is 18.6 Å². The third-order valence-corrected chi connectivity index (χ3v) is 3.45. The van der Waals surface area contributed by atoms with E-state index >= 15 is 0 Å². The van der Waals surface area contributed by atoms with E-state index in [9.17, 15) is 25.1 Å². The highest BCUT2D eigenvalue weighted by Gasteiger charge is 2.33. The maximum Gasteiger partial charge on any atom is 0.310 e. The van der Waals surface area contributed by atoms with E-state index in [4.69, 9.17) is 4.74 Å². The number of phenolic OH excluding ortho intramolecular Hbond substituents is 2. The number of carbonyl (C=O) groups is 1. The second-order valence-electron chi connectivity index (χ2n) is 4.94. The van der Waals surface area contributed by atoms with Crippen LogP contribution in [0.25, 0.3) is 0 Å². The van der Waals surface area contributed by atoms with Crippen molar-refractivity contribution in [3.63, 3.8) is 0 Å². The van der Waals surface area contributed by atoms with Crippen molar-refractivity contribution in [2.45, 2.75) is 12.5 Å². The molecule has 0 saturated carbocycles. The number of nitrogens with zero attached hydrogens (tertiary/aromatic N) is 1. The topological polar surface area (TPSA) is 110 Å². The van der Waals surface area contributed by atoms with Gasteiger partial charge >= 0.3 is 5.69 Å². The molecule has 1 heterocycles. The lowest BCUT2D eigenvalue weighted by Gasteiger charge is -2.09. The van der Waals surface area contributed by atoms with E-state index in [0.29, 0.717) is 16.9 Å². The number of nitro benzene ring substituents is 1. The number of hydrogen-bond acceptors (Lipinski definition) is 6. The normalized spacial score (nSPS) is 16.2. The number of nitro groups is 1. The van der Waals surface area contributed by atoms with Crippen LogP contribution in [0.15, 0.2) is 36.4 Å². The molecule has 1 aliphatic heterocycles. The minimum Gasteiger partial charge on any atom is -0.508 e. The summed E-state index contributed by atoms with van der Waals surface area (Å²) < 4.78 is 5.49. The van der Waals surface area contributed by atoms with Crippen molar-refractivity contribution in [1.82, 2.24) is 0 Å². The first-order chi connectivity index (χ1) is 10.5. The van der Waals surface area contributed by atoms with Gasteiger partial charge in [0.05, 0.1) is 10.5 Å². The molecule has 1 atom stereocenters. The minimum absolute atomic E-state index is 0.00697. The summed E-state index contributed by atoms with van der Waals surface area (Å²) in [5, 5.41) is 29.6. The largest absolute Gasteiger partial charge is 0.508 e. The second-order valence-corrected chi connectivity index (χ2v) is 4.94. The molecule has 0 fully saturated rings. The maximum absolute atomic E-state index is 12.2. The predicted octanol–water partition coefficient (Wildman–Crippen LogP) is 2.19. The first-order valence-electron chi connectivity index (χ1n) is 6.46. The fourth-order valence-electron chi connectivity index (χ4n) is 2.38. The van der Waals surface area contributed by atoms with E-state index in [-0.39, 0.29) is 18.0 Å². The van der Waals surface area contributed by atoms with Crippen LogP contribution < -0.4 is 4.74 Å². The molecule has 0 spiro atoms. The molecule has 1 unspecified atom stereocenters. The molecule has 3 rings (SSSR count). The Bertz CT molecular complexity index is 786. The quantitative estimate of drug-likeness (QED) is 0.664. The van der Waals surface area contributed by atoms with Crippen LogP contribution in [0.1, 0.15) is 15.9 Å². The van der Waals surface area contributed by atoms with Gasteiger partial charge in [0.25, 0.3) is 0 Å². The van der Waals surface area contributed by atoms with Gasteiger partial charge in [0.2, 0.25) is 5.78 Å². The summed E-state index contributed by atoms with van der Waals surface area (Å²) in [4.78, 5) is 22.3. The zero-order chi connectivity index (χ0) is 15.9. The standard InChI is InChI=1S/C15H11NO6/c17-9-2-3-10-13(7-9)22-14(15(10)19)6-8-1-4-12(18)11(5-8)16(20)21/h1-5,7,14,17-18H,6H2. The molecule has 0 amide bonds. The number of rotatable bonds is 3. The van der Waals surface area contributed by atoms with E-state index in [1.54, 1.807) is 0 Å². The number of fused-ring (bicyclic) bond motifs is 1. The van der Waals surface area contributed by atoms with Gasteiger partial charge in [-0.05, 0) is 23.8 Å². The molecule has 1 aliphatic rings. The zero-order valence-corrected chi connectivity index (χ0v) is 11.2. The molecular weight excluding hydrogens is 290 g/mol. The van der Waals surface area contributed by atoms with Gasteiger partial charge in [-0.25, -0.2) is 0 Å². The van der Waals surface area contributed by atoms with Crippen LogP contribution in [0.5, 0.6) is 17.2 Å². The summed E-state index contributed by atoms with van der Waals surface area (Å²) in [7, 11) is 0. The average molecular weight is 301 g/mol. The molecule has 2 aromatic carbocycles. The third-order valence-electron chi connectivity index (χ3n) is 3.45. The SMILES string of the molecule is O=C1c2ccc(O)cc2OC1Cc1ccc(O)c([N+](=O)[O-])c1. The van der Waals surface area contributed by atoms with Crippen molar-refractivity contribution in [2.24, 2.45) is 0 Å². The Hall–Kier alpha value is -3.09. The van der Waals surface area contributed by atoms with Crippen molar-refractivity contribution >= 4 is 11.5 Å². The van der Waals surface area contributed by atoms with Gasteiger partial charge in [-0.2, -0.15) is 0 Å². The van der Waals surface area contributed by atoms with Gasteiger partial charge < -0.3 is 14.9 Å². The molecule has 0 aliphatic carbocycles. The summed E-state index contributed by atoms with van der Waals surface area (Å²) in [6.07, 6.45) is -0.670. The molecule has 7 heteroatoms. The summed E-state index contributed by atoms with van der Waals surface area (Å²) in [6.45, 7) is 0. The van der Waals surface area contributed by atoms with Gasteiger partial charge in [-0.15, -0.1) is 0 Å². The molecule has 2 N–H and O–H groups in total. The Morgan fingerprint density at radius 3 is 2.68 bits per heavy atom. The van der Waals surface area contributed by atoms with E-state index in [1.807, 2.05) is 0 Å². The van der Waals surface area contributed by atoms with Gasteiger partial charge in [-0.1, -0.05) is 6.07 Å². The molecular formula is C15H11NO6. The number of hydrogen-bond donors (Lipinski definition) is 2. The zero-order valence-electron chi connectivity index (χ0n) is 11.2. The van der Waals surface area contributed by atoms with Gasteiger partial charge in [-0.3, -0.25) is 14.9 Å². The highest BCUT2D eigenvalue weighted by Crippen LogP contribution is 2.34. The Morgan fingerprint density at radius 1 is 1.18 bits per heavy atom. The van der Waals surface area contributed by atoms with Crippen molar-refractivity contribution in [2.75, 3.05) is 0 Å². The molecule has 0 saturated heterocycles. The lowest BCUT2D eigenvalue weighted by atomic mass is 10.0. The van der Waals surface area contributed by atoms with Crippen LogP contribution >= 0.6 is 0 Å². The van der Waals surface area contributed by atoms with Crippen LogP contribution in [0.4, 0.5) is 5.69 Å². The summed E-state index contributed by atoms with van der Waals surface area (Å²) >= 11 is 0. The molecule has 112 valence electrons. The first-order valence-corrected chi connectivity index (χ1v) is 6.46. The minimum atomic E-state index is -0.805. The number of aromatic hydroxyl groups is 2. The molecule has 0 radical (unpaired) electrons. The Balaban J connectivity index is 1.85. The fourth-order valence-corrected chi connectivity index (χ4v) is 2.38. The number of Topliss-reactive ketones (excluding diaryl/α,β-unsaturated/α-hetero) is 1. The number of carbonyl (C=O) groups excluding carboxylic acids is 1. The highest BCUT2D eigenvalue weighted by atomic mass is 16.6. The second kappa shape index (κ2) is 5.03. The van der Waals surface area contributed by atoms with Crippen LogP contribution in [0, 0.1) is 10.1 Å². The molecule has 0 aromatic heterocycles. The molecule has 7 nitrogen and oxygen atoms in total. The van der Waals surface area contributed by atoms with Crippen molar-refractivity contribution in [3.05, 3.63) is 57.6 Å². The Labute approximate surface area is 124 Å². The average Bonchev–Trinajstić information content (AvgIpc) is 2.76. The van der Waals surface area contributed by atoms with Gasteiger partial charge in [0.15, 0.2) is 11.9 Å². The first kappa shape index (κ1) is 13.9. The van der Waals surface area contributed by atoms with Crippen LogP contribution in [0.3, 0.4) is 0 Å². The van der Waals surface area contributed by atoms with E-state index in [0.717, 1.165) is 0 Å². The number of ether oxygens (including phenoxy) is 1. The summed E-state index contributed by atoms with van der Waals surface area (Å²) in [6, 6.07) is 8.16. The Kier molecular flexibility index (Phi) is 3.17. The third kappa shape index (κ3) is 2.32. The molecule has 0 bridgehead atoms. The van der Waals surface area contributed by atoms with Crippen molar-refractivity contribution < 1.29 is 24.7 Å². The van der Waals surface area contributed by atoms with Crippen LogP contribution in [-0.4, -0.2) is 27.0 Å².